The van der Waals surface area contributed by atoms with Crippen molar-refractivity contribution in [3.8, 4) is 0 Å². The lowest BCUT2D eigenvalue weighted by Gasteiger charge is -2.03. The van der Waals surface area contributed by atoms with E-state index in [1.54, 1.807) is 11.6 Å². The van der Waals surface area contributed by atoms with E-state index < -0.39 is 11.9 Å². The number of hydrogen-bond acceptors (Lipinski definition) is 2. The maximum atomic E-state index is 10.7. The number of rotatable bonds is 3. The average Bonchev–Trinajstić information content (AvgIpc) is 2.33. The summed E-state index contributed by atoms with van der Waals surface area (Å²) in [5.41, 5.74) is 1.86. The average molecular weight is 261 g/mol. The SMILES string of the molecule is Cc1c(CC(C)C(=O)O)nn(C)c1Br. The predicted octanol–water partition coefficient (Wildman–Crippen LogP) is 1.75. The van der Waals surface area contributed by atoms with Crippen molar-refractivity contribution in [2.45, 2.75) is 20.3 Å². The zero-order valence-corrected chi connectivity index (χ0v) is 10.00. The Morgan fingerprint density at radius 1 is 1.71 bits per heavy atom. The summed E-state index contributed by atoms with van der Waals surface area (Å²) >= 11 is 3.38. The van der Waals surface area contributed by atoms with E-state index in [9.17, 15) is 4.79 Å². The number of hydrogen-bond donors (Lipinski definition) is 1. The van der Waals surface area contributed by atoms with E-state index >= 15 is 0 Å². The molecular formula is C9H13BrN2O2. The molecule has 0 fully saturated rings. The summed E-state index contributed by atoms with van der Waals surface area (Å²) in [5, 5.41) is 13.0. The molecule has 0 amide bonds. The Morgan fingerprint density at radius 2 is 2.29 bits per heavy atom. The first-order chi connectivity index (χ1) is 6.43. The van der Waals surface area contributed by atoms with E-state index in [1.165, 1.54) is 0 Å². The van der Waals surface area contributed by atoms with Crippen LogP contribution in [0.2, 0.25) is 0 Å². The number of nitrogens with zero attached hydrogens (tertiary/aromatic N) is 2. The molecule has 5 heteroatoms. The van der Waals surface area contributed by atoms with Gasteiger partial charge in [-0.15, -0.1) is 0 Å². The molecule has 0 aromatic carbocycles. The van der Waals surface area contributed by atoms with Crippen LogP contribution in [0.15, 0.2) is 4.60 Å². The van der Waals surface area contributed by atoms with Gasteiger partial charge in [-0.3, -0.25) is 9.48 Å². The molecule has 4 nitrogen and oxygen atoms in total. The molecule has 0 bridgehead atoms. The van der Waals surface area contributed by atoms with E-state index in [0.717, 1.165) is 15.9 Å². The van der Waals surface area contributed by atoms with Crippen LogP contribution in [0.25, 0.3) is 0 Å². The standard InChI is InChI=1S/C9H13BrN2O2/c1-5(9(13)14)4-7-6(2)8(10)12(3)11-7/h5H,4H2,1-3H3,(H,13,14). The highest BCUT2D eigenvalue weighted by Gasteiger charge is 2.17. The number of aromatic nitrogens is 2. The summed E-state index contributed by atoms with van der Waals surface area (Å²) in [6.07, 6.45) is 0.473. The minimum atomic E-state index is -0.786. The van der Waals surface area contributed by atoms with Gasteiger partial charge in [-0.25, -0.2) is 0 Å². The molecule has 78 valence electrons. The largest absolute Gasteiger partial charge is 0.481 e. The van der Waals surface area contributed by atoms with E-state index in [0.29, 0.717) is 6.42 Å². The van der Waals surface area contributed by atoms with Gasteiger partial charge in [0.25, 0.3) is 0 Å². The van der Waals surface area contributed by atoms with Crippen LogP contribution in [0, 0.1) is 12.8 Å². The number of aryl methyl sites for hydroxylation is 1. The van der Waals surface area contributed by atoms with Crippen LogP contribution in [-0.2, 0) is 18.3 Å². The van der Waals surface area contributed by atoms with Gasteiger partial charge in [-0.05, 0) is 22.9 Å². The van der Waals surface area contributed by atoms with Crippen LogP contribution in [0.1, 0.15) is 18.2 Å². The predicted molar refractivity (Wildman–Crippen MR) is 56.1 cm³/mol. The Labute approximate surface area is 91.1 Å². The first-order valence-corrected chi connectivity index (χ1v) is 5.13. The van der Waals surface area contributed by atoms with Crippen molar-refractivity contribution in [1.82, 2.24) is 9.78 Å². The van der Waals surface area contributed by atoms with Crippen molar-refractivity contribution in [1.29, 1.82) is 0 Å². The molecule has 1 aromatic rings. The topological polar surface area (TPSA) is 55.1 Å². The summed E-state index contributed by atoms with van der Waals surface area (Å²) in [6.45, 7) is 3.62. The van der Waals surface area contributed by atoms with Crippen molar-refractivity contribution in [3.05, 3.63) is 15.9 Å². The number of halogens is 1. The van der Waals surface area contributed by atoms with Crippen molar-refractivity contribution >= 4 is 21.9 Å². The Balaban J connectivity index is 2.87. The Bertz CT molecular complexity index is 360. The monoisotopic (exact) mass is 260 g/mol. The van der Waals surface area contributed by atoms with Crippen molar-refractivity contribution in [3.63, 3.8) is 0 Å². The van der Waals surface area contributed by atoms with Crippen molar-refractivity contribution in [2.24, 2.45) is 13.0 Å². The van der Waals surface area contributed by atoms with Gasteiger partial charge in [0.1, 0.15) is 4.60 Å². The molecule has 0 saturated carbocycles. The highest BCUT2D eigenvalue weighted by Crippen LogP contribution is 2.20. The van der Waals surface area contributed by atoms with Crippen molar-refractivity contribution in [2.75, 3.05) is 0 Å². The maximum absolute atomic E-state index is 10.7. The van der Waals surface area contributed by atoms with E-state index in [1.807, 2.05) is 14.0 Å². The first kappa shape index (κ1) is 11.2. The summed E-state index contributed by atoms with van der Waals surface area (Å²) < 4.78 is 2.62. The third-order valence-corrected chi connectivity index (χ3v) is 3.33. The highest BCUT2D eigenvalue weighted by molar-refractivity contribution is 9.10. The smallest absolute Gasteiger partial charge is 0.306 e. The van der Waals surface area contributed by atoms with Gasteiger partial charge in [-0.2, -0.15) is 5.10 Å². The van der Waals surface area contributed by atoms with Crippen LogP contribution in [0.3, 0.4) is 0 Å². The third kappa shape index (κ3) is 2.15. The highest BCUT2D eigenvalue weighted by atomic mass is 79.9. The molecule has 0 spiro atoms. The van der Waals surface area contributed by atoms with Gasteiger partial charge < -0.3 is 5.11 Å². The fraction of sp³-hybridized carbons (Fsp3) is 0.556. The molecule has 1 N–H and O–H groups in total. The zero-order chi connectivity index (χ0) is 10.9. The Morgan fingerprint density at radius 3 is 2.64 bits per heavy atom. The second-order valence-corrected chi connectivity index (χ2v) is 4.18. The van der Waals surface area contributed by atoms with Crippen LogP contribution in [-0.4, -0.2) is 20.9 Å². The lowest BCUT2D eigenvalue weighted by atomic mass is 10.0. The number of carboxylic acids is 1. The number of carboxylic acid groups (broad SMARTS) is 1. The summed E-state index contributed by atoms with van der Waals surface area (Å²) in [5.74, 6) is -1.18. The molecule has 1 rings (SSSR count). The van der Waals surface area contributed by atoms with Gasteiger partial charge in [0, 0.05) is 19.0 Å². The zero-order valence-electron chi connectivity index (χ0n) is 8.41. The second kappa shape index (κ2) is 4.13. The fourth-order valence-electron chi connectivity index (χ4n) is 1.23. The van der Waals surface area contributed by atoms with E-state index in [2.05, 4.69) is 21.0 Å². The van der Waals surface area contributed by atoms with Gasteiger partial charge in [0.05, 0.1) is 11.6 Å². The lowest BCUT2D eigenvalue weighted by Crippen LogP contribution is -2.13. The molecular weight excluding hydrogens is 248 g/mol. The Hall–Kier alpha value is -0.840. The molecule has 1 unspecified atom stereocenters. The van der Waals surface area contributed by atoms with Crippen LogP contribution in [0.5, 0.6) is 0 Å². The molecule has 0 radical (unpaired) electrons. The summed E-state index contributed by atoms with van der Waals surface area (Å²) in [4.78, 5) is 10.7. The molecule has 1 heterocycles. The molecule has 0 aliphatic carbocycles. The van der Waals surface area contributed by atoms with Gasteiger partial charge in [0.2, 0.25) is 0 Å². The van der Waals surface area contributed by atoms with Crippen LogP contribution in [0.4, 0.5) is 0 Å². The molecule has 0 aliphatic rings. The summed E-state index contributed by atoms with van der Waals surface area (Å²) in [6, 6.07) is 0. The molecule has 0 saturated heterocycles. The molecule has 14 heavy (non-hydrogen) atoms. The molecule has 0 aliphatic heterocycles. The number of carbonyl (C=O) groups is 1. The minimum Gasteiger partial charge on any atom is -0.481 e. The summed E-state index contributed by atoms with van der Waals surface area (Å²) in [7, 11) is 1.83. The van der Waals surface area contributed by atoms with Crippen LogP contribution < -0.4 is 0 Å². The van der Waals surface area contributed by atoms with Gasteiger partial charge in [-0.1, -0.05) is 6.92 Å². The van der Waals surface area contributed by atoms with E-state index in [-0.39, 0.29) is 0 Å². The first-order valence-electron chi connectivity index (χ1n) is 4.34. The van der Waals surface area contributed by atoms with Crippen LogP contribution >= 0.6 is 15.9 Å². The van der Waals surface area contributed by atoms with Gasteiger partial charge >= 0.3 is 5.97 Å². The number of aliphatic carboxylic acids is 1. The van der Waals surface area contributed by atoms with Crippen molar-refractivity contribution < 1.29 is 9.90 Å². The second-order valence-electron chi connectivity index (χ2n) is 3.43. The quantitative estimate of drug-likeness (QED) is 0.901. The molecule has 1 aromatic heterocycles. The Kier molecular flexibility index (Phi) is 3.31. The van der Waals surface area contributed by atoms with Gasteiger partial charge in [0.15, 0.2) is 0 Å². The fourth-order valence-corrected chi connectivity index (χ4v) is 1.54. The maximum Gasteiger partial charge on any atom is 0.306 e. The van der Waals surface area contributed by atoms with E-state index in [4.69, 9.17) is 5.11 Å². The minimum absolute atomic E-state index is 0.393. The third-order valence-electron chi connectivity index (χ3n) is 2.22. The normalized spacial score (nSPS) is 12.9. The molecule has 1 atom stereocenters. The lowest BCUT2D eigenvalue weighted by molar-refractivity contribution is -0.141.